The molecule has 3 aromatic rings. The molecule has 1 fully saturated rings. The molecule has 0 bridgehead atoms. The standard InChI is InChI=1S/C20H21N3O3S3/c1-2-22(11-12-23-18(24)14-28-20(23)16-8-5-13-27-16)29(25,26)17-9-3-6-15-7-4-10-21-19(15)17/h3-10,13,20H,2,11-12,14H2,1H3/t20-/m1/s1. The van der Waals surface area contributed by atoms with E-state index in [9.17, 15) is 13.2 Å². The number of aromatic nitrogens is 1. The molecule has 3 heterocycles. The van der Waals surface area contributed by atoms with Crippen LogP contribution in [-0.4, -0.2) is 53.9 Å². The van der Waals surface area contributed by atoms with Crippen LogP contribution < -0.4 is 0 Å². The van der Waals surface area contributed by atoms with E-state index in [1.165, 1.54) is 4.31 Å². The first kappa shape index (κ1) is 20.3. The van der Waals surface area contributed by atoms with Crippen molar-refractivity contribution in [1.82, 2.24) is 14.2 Å². The second-order valence-corrected chi connectivity index (χ2v) is 10.5. The van der Waals surface area contributed by atoms with Crippen molar-refractivity contribution >= 4 is 49.9 Å². The van der Waals surface area contributed by atoms with E-state index in [1.54, 1.807) is 52.4 Å². The van der Waals surface area contributed by atoms with Gasteiger partial charge in [-0.05, 0) is 23.6 Å². The van der Waals surface area contributed by atoms with Crippen LogP contribution in [0.2, 0.25) is 0 Å². The second-order valence-electron chi connectivity index (χ2n) is 6.59. The molecule has 4 rings (SSSR count). The number of amides is 1. The predicted octanol–water partition coefficient (Wildman–Crippen LogP) is 3.58. The first-order valence-electron chi connectivity index (χ1n) is 9.30. The Morgan fingerprint density at radius 3 is 2.79 bits per heavy atom. The molecule has 2 aromatic heterocycles. The molecular weight excluding hydrogens is 426 g/mol. The molecule has 152 valence electrons. The molecule has 9 heteroatoms. The maximum Gasteiger partial charge on any atom is 0.245 e. The number of carbonyl (C=O) groups is 1. The lowest BCUT2D eigenvalue weighted by molar-refractivity contribution is -0.128. The monoisotopic (exact) mass is 447 g/mol. The number of hydrogen-bond donors (Lipinski definition) is 0. The zero-order valence-electron chi connectivity index (χ0n) is 15.9. The van der Waals surface area contributed by atoms with E-state index in [4.69, 9.17) is 0 Å². The van der Waals surface area contributed by atoms with Gasteiger partial charge in [0.05, 0.1) is 11.3 Å². The Balaban J connectivity index is 1.58. The first-order chi connectivity index (χ1) is 14.0. The van der Waals surface area contributed by atoms with Crippen molar-refractivity contribution in [3.05, 3.63) is 58.9 Å². The zero-order valence-corrected chi connectivity index (χ0v) is 18.3. The van der Waals surface area contributed by atoms with Gasteiger partial charge in [0.2, 0.25) is 15.9 Å². The smallest absolute Gasteiger partial charge is 0.245 e. The summed E-state index contributed by atoms with van der Waals surface area (Å²) in [5, 5.41) is 2.74. The van der Waals surface area contributed by atoms with Gasteiger partial charge in [-0.15, -0.1) is 23.1 Å². The third-order valence-electron chi connectivity index (χ3n) is 4.91. The summed E-state index contributed by atoms with van der Waals surface area (Å²) in [7, 11) is -3.73. The molecule has 0 saturated carbocycles. The van der Waals surface area contributed by atoms with Crippen molar-refractivity contribution in [1.29, 1.82) is 0 Å². The number of nitrogens with zero attached hydrogens (tertiary/aromatic N) is 3. The molecule has 0 radical (unpaired) electrons. The Hall–Kier alpha value is -1.94. The Morgan fingerprint density at radius 2 is 2.03 bits per heavy atom. The molecule has 1 aliphatic heterocycles. The van der Waals surface area contributed by atoms with Crippen molar-refractivity contribution in [2.75, 3.05) is 25.4 Å². The highest BCUT2D eigenvalue weighted by Crippen LogP contribution is 2.40. The zero-order chi connectivity index (χ0) is 20.4. The number of thioether (sulfide) groups is 1. The molecule has 1 aliphatic rings. The minimum Gasteiger partial charge on any atom is -0.324 e. The number of pyridine rings is 1. The number of sulfonamides is 1. The molecule has 0 spiro atoms. The third-order valence-corrected chi connectivity index (χ3v) is 9.23. The van der Waals surface area contributed by atoms with Crippen LogP contribution >= 0.6 is 23.1 Å². The Kier molecular flexibility index (Phi) is 5.91. The van der Waals surface area contributed by atoms with E-state index >= 15 is 0 Å². The third kappa shape index (κ3) is 3.92. The summed E-state index contributed by atoms with van der Waals surface area (Å²) in [6.45, 7) is 2.74. The number of likely N-dealkylation sites (N-methyl/N-ethyl adjacent to an activating group) is 1. The lowest BCUT2D eigenvalue weighted by Crippen LogP contribution is -2.40. The van der Waals surface area contributed by atoms with Gasteiger partial charge < -0.3 is 4.90 Å². The number of para-hydroxylation sites is 1. The van der Waals surface area contributed by atoms with Gasteiger partial charge in [0.1, 0.15) is 10.3 Å². The number of benzene rings is 1. The molecule has 1 amide bonds. The van der Waals surface area contributed by atoms with Crippen LogP contribution in [0.15, 0.2) is 58.9 Å². The van der Waals surface area contributed by atoms with E-state index in [0.717, 1.165) is 10.3 Å². The number of hydrogen-bond acceptors (Lipinski definition) is 6. The van der Waals surface area contributed by atoms with Crippen LogP contribution in [0.5, 0.6) is 0 Å². The highest BCUT2D eigenvalue weighted by Gasteiger charge is 2.34. The lowest BCUT2D eigenvalue weighted by atomic mass is 10.2. The fraction of sp³-hybridized carbons (Fsp3) is 0.300. The molecule has 0 unspecified atom stereocenters. The Labute approximate surface area is 178 Å². The number of thiophene rings is 1. The summed E-state index contributed by atoms with van der Waals surface area (Å²) in [5.74, 6) is 0.475. The molecule has 6 nitrogen and oxygen atoms in total. The summed E-state index contributed by atoms with van der Waals surface area (Å²) in [6.07, 6.45) is 1.60. The van der Waals surface area contributed by atoms with Crippen LogP contribution in [0, 0.1) is 0 Å². The number of fused-ring (bicyclic) bond motifs is 1. The summed E-state index contributed by atoms with van der Waals surface area (Å²) in [5.41, 5.74) is 0.470. The van der Waals surface area contributed by atoms with Gasteiger partial charge in [-0.25, -0.2) is 8.42 Å². The van der Waals surface area contributed by atoms with E-state index in [2.05, 4.69) is 4.98 Å². The molecule has 1 atom stereocenters. The summed E-state index contributed by atoms with van der Waals surface area (Å²) >= 11 is 3.21. The van der Waals surface area contributed by atoms with Crippen LogP contribution in [-0.2, 0) is 14.8 Å². The van der Waals surface area contributed by atoms with Crippen molar-refractivity contribution in [2.45, 2.75) is 17.2 Å². The fourth-order valence-corrected chi connectivity index (χ4v) is 7.26. The average Bonchev–Trinajstić information content (AvgIpc) is 3.38. The highest BCUT2D eigenvalue weighted by atomic mass is 32.2. The van der Waals surface area contributed by atoms with Gasteiger partial charge in [-0.2, -0.15) is 4.31 Å². The van der Waals surface area contributed by atoms with Crippen molar-refractivity contribution in [3.8, 4) is 0 Å². The van der Waals surface area contributed by atoms with Gasteiger partial charge in [-0.1, -0.05) is 31.2 Å². The number of rotatable bonds is 7. The van der Waals surface area contributed by atoms with Crippen LogP contribution in [0.1, 0.15) is 17.2 Å². The Bertz CT molecular complexity index is 1110. The van der Waals surface area contributed by atoms with Crippen molar-refractivity contribution < 1.29 is 13.2 Å². The molecule has 0 N–H and O–H groups in total. The summed E-state index contributed by atoms with van der Waals surface area (Å²) in [6, 6.07) is 12.8. The van der Waals surface area contributed by atoms with Crippen LogP contribution in [0.4, 0.5) is 0 Å². The number of carbonyl (C=O) groups excluding carboxylic acids is 1. The first-order valence-corrected chi connectivity index (χ1v) is 12.7. The Morgan fingerprint density at radius 1 is 1.21 bits per heavy atom. The van der Waals surface area contributed by atoms with Crippen molar-refractivity contribution in [2.24, 2.45) is 0 Å². The molecule has 1 saturated heterocycles. The van der Waals surface area contributed by atoms with Gasteiger partial charge >= 0.3 is 0 Å². The molecular formula is C20H21N3O3S3. The lowest BCUT2D eigenvalue weighted by Gasteiger charge is -2.27. The van der Waals surface area contributed by atoms with Gasteiger partial charge in [0.15, 0.2) is 0 Å². The van der Waals surface area contributed by atoms with Crippen molar-refractivity contribution in [3.63, 3.8) is 0 Å². The van der Waals surface area contributed by atoms with E-state index in [-0.39, 0.29) is 22.7 Å². The SMILES string of the molecule is CCN(CCN1C(=O)CS[C@@H]1c1cccs1)S(=O)(=O)c1cccc2cccnc12. The summed E-state index contributed by atoms with van der Waals surface area (Å²) < 4.78 is 28.1. The molecule has 29 heavy (non-hydrogen) atoms. The topological polar surface area (TPSA) is 70.6 Å². The van der Waals surface area contributed by atoms with E-state index < -0.39 is 10.0 Å². The quantitative estimate of drug-likeness (QED) is 0.554. The largest absolute Gasteiger partial charge is 0.324 e. The minimum absolute atomic E-state index is 0.0388. The minimum atomic E-state index is -3.73. The van der Waals surface area contributed by atoms with E-state index in [0.29, 0.717) is 24.4 Å². The molecule has 0 aliphatic carbocycles. The van der Waals surface area contributed by atoms with Gasteiger partial charge in [0.25, 0.3) is 0 Å². The van der Waals surface area contributed by atoms with Gasteiger partial charge in [0, 0.05) is 36.1 Å². The second kappa shape index (κ2) is 8.43. The van der Waals surface area contributed by atoms with Crippen LogP contribution in [0.25, 0.3) is 10.9 Å². The van der Waals surface area contributed by atoms with Gasteiger partial charge in [-0.3, -0.25) is 9.78 Å². The molecule has 1 aromatic carbocycles. The maximum atomic E-state index is 13.4. The normalized spacial score (nSPS) is 17.5. The predicted molar refractivity (Wildman–Crippen MR) is 117 cm³/mol. The highest BCUT2D eigenvalue weighted by molar-refractivity contribution is 8.00. The summed E-state index contributed by atoms with van der Waals surface area (Å²) in [4.78, 5) is 19.8. The van der Waals surface area contributed by atoms with E-state index in [1.807, 2.05) is 36.6 Å². The van der Waals surface area contributed by atoms with Crippen LogP contribution in [0.3, 0.4) is 0 Å². The maximum absolute atomic E-state index is 13.4. The fourth-order valence-electron chi connectivity index (χ4n) is 3.45. The average molecular weight is 448 g/mol.